The molecule has 0 amide bonds. The van der Waals surface area contributed by atoms with Crippen LogP contribution in [0.25, 0.3) is 10.8 Å². The zero-order valence-corrected chi connectivity index (χ0v) is 14.7. The van der Waals surface area contributed by atoms with Gasteiger partial charge in [-0.2, -0.15) is 0 Å². The zero-order valence-electron chi connectivity index (χ0n) is 13.7. The standard InChI is InChI=1S/C18H22O3Si/c1-17(2,3)22-21-18(4,5)15-9-8-12-10-14(16(19)20)7-6-13(12)11-15/h6-11H,1-5H3,(H,19,20). The van der Waals surface area contributed by atoms with Gasteiger partial charge in [-0.25, -0.2) is 4.79 Å². The van der Waals surface area contributed by atoms with Crippen LogP contribution in [0.2, 0.25) is 5.04 Å². The van der Waals surface area contributed by atoms with Crippen molar-refractivity contribution >= 4 is 26.5 Å². The second-order valence-corrected chi connectivity index (χ2v) is 8.95. The molecule has 0 fully saturated rings. The predicted octanol–water partition coefficient (Wildman–Crippen LogP) is 4.63. The molecule has 1 N–H and O–H groups in total. The molecule has 116 valence electrons. The molecular weight excluding hydrogens is 292 g/mol. The summed E-state index contributed by atoms with van der Waals surface area (Å²) >= 11 is 0. The second kappa shape index (κ2) is 5.86. The number of carboxylic acid groups (broad SMARTS) is 1. The lowest BCUT2D eigenvalue weighted by molar-refractivity contribution is 0.0697. The Hall–Kier alpha value is -1.65. The topological polar surface area (TPSA) is 46.5 Å². The van der Waals surface area contributed by atoms with E-state index in [1.165, 1.54) is 0 Å². The third-order valence-corrected chi connectivity index (χ3v) is 4.62. The van der Waals surface area contributed by atoms with E-state index in [1.807, 2.05) is 18.2 Å². The highest BCUT2D eigenvalue weighted by Crippen LogP contribution is 2.31. The van der Waals surface area contributed by atoms with Crippen LogP contribution in [0, 0.1) is 0 Å². The van der Waals surface area contributed by atoms with E-state index in [2.05, 4.69) is 40.7 Å². The molecule has 0 atom stereocenters. The zero-order chi connectivity index (χ0) is 16.5. The Morgan fingerprint density at radius 3 is 2.18 bits per heavy atom. The number of hydrogen-bond acceptors (Lipinski definition) is 2. The van der Waals surface area contributed by atoms with Gasteiger partial charge in [0.15, 0.2) is 0 Å². The Kier molecular flexibility index (Phi) is 4.45. The second-order valence-electron chi connectivity index (χ2n) is 7.05. The first-order valence-corrected chi connectivity index (χ1v) is 8.22. The highest BCUT2D eigenvalue weighted by Gasteiger charge is 2.25. The van der Waals surface area contributed by atoms with E-state index in [9.17, 15) is 4.79 Å². The van der Waals surface area contributed by atoms with Crippen molar-refractivity contribution < 1.29 is 14.3 Å². The fourth-order valence-corrected chi connectivity index (χ4v) is 2.77. The quantitative estimate of drug-likeness (QED) is 0.837. The summed E-state index contributed by atoms with van der Waals surface area (Å²) in [6, 6.07) is 11.2. The van der Waals surface area contributed by atoms with Crippen LogP contribution < -0.4 is 0 Å². The van der Waals surface area contributed by atoms with Crippen molar-refractivity contribution in [1.29, 1.82) is 0 Å². The maximum absolute atomic E-state index is 11.0. The molecule has 2 aromatic carbocycles. The molecule has 0 saturated heterocycles. The van der Waals surface area contributed by atoms with Crippen LogP contribution in [0.1, 0.15) is 50.5 Å². The van der Waals surface area contributed by atoms with E-state index in [-0.39, 0.29) is 10.6 Å². The lowest BCUT2D eigenvalue weighted by Crippen LogP contribution is -2.27. The molecule has 0 aliphatic rings. The molecule has 2 aromatic rings. The van der Waals surface area contributed by atoms with Gasteiger partial charge in [0.05, 0.1) is 11.2 Å². The number of fused-ring (bicyclic) bond motifs is 1. The van der Waals surface area contributed by atoms with Crippen molar-refractivity contribution in [3.05, 3.63) is 47.5 Å². The molecule has 0 saturated carbocycles. The van der Waals surface area contributed by atoms with Crippen LogP contribution in [0.4, 0.5) is 0 Å². The smallest absolute Gasteiger partial charge is 0.335 e. The molecule has 22 heavy (non-hydrogen) atoms. The van der Waals surface area contributed by atoms with Gasteiger partial charge in [-0.3, -0.25) is 0 Å². The fourth-order valence-electron chi connectivity index (χ4n) is 2.09. The molecule has 4 heteroatoms. The van der Waals surface area contributed by atoms with E-state index in [1.54, 1.807) is 12.1 Å². The molecule has 0 bridgehead atoms. The summed E-state index contributed by atoms with van der Waals surface area (Å²) in [5.41, 5.74) is 1.04. The average molecular weight is 314 g/mol. The molecular formula is C18H22O3Si. The van der Waals surface area contributed by atoms with Gasteiger partial charge in [-0.05, 0) is 53.4 Å². The summed E-state index contributed by atoms with van der Waals surface area (Å²) in [5, 5.41) is 11.2. The summed E-state index contributed by atoms with van der Waals surface area (Å²) in [6.45, 7) is 10.6. The largest absolute Gasteiger partial charge is 0.478 e. The van der Waals surface area contributed by atoms with Gasteiger partial charge >= 0.3 is 5.97 Å². The molecule has 2 radical (unpaired) electrons. The average Bonchev–Trinajstić information content (AvgIpc) is 2.43. The van der Waals surface area contributed by atoms with E-state index in [4.69, 9.17) is 9.53 Å². The SMILES string of the molecule is CC(C)(C)[Si]OC(C)(C)c1ccc2cc(C(=O)O)ccc2c1. The molecule has 2 rings (SSSR count). The molecule has 0 unspecified atom stereocenters. The van der Waals surface area contributed by atoms with Crippen LogP contribution in [-0.2, 0) is 10.0 Å². The lowest BCUT2D eigenvalue weighted by atomic mass is 9.95. The van der Waals surface area contributed by atoms with Crippen molar-refractivity contribution in [1.82, 2.24) is 0 Å². The first-order chi connectivity index (χ1) is 10.1. The maximum atomic E-state index is 11.0. The predicted molar refractivity (Wildman–Crippen MR) is 90.5 cm³/mol. The van der Waals surface area contributed by atoms with Crippen LogP contribution >= 0.6 is 0 Å². The van der Waals surface area contributed by atoms with Crippen molar-refractivity contribution in [3.63, 3.8) is 0 Å². The summed E-state index contributed by atoms with van der Waals surface area (Å²) in [7, 11) is 0.412. The van der Waals surface area contributed by atoms with Gasteiger partial charge in [0.1, 0.15) is 0 Å². The van der Waals surface area contributed by atoms with Crippen LogP contribution in [0.15, 0.2) is 36.4 Å². The minimum Gasteiger partial charge on any atom is -0.478 e. The third kappa shape index (κ3) is 3.96. The monoisotopic (exact) mass is 314 g/mol. The van der Waals surface area contributed by atoms with Crippen LogP contribution in [0.3, 0.4) is 0 Å². The van der Waals surface area contributed by atoms with Crippen molar-refractivity contribution in [2.24, 2.45) is 0 Å². The van der Waals surface area contributed by atoms with Gasteiger partial charge in [-0.15, -0.1) is 0 Å². The highest BCUT2D eigenvalue weighted by molar-refractivity contribution is 6.31. The Labute approximate surface area is 134 Å². The Morgan fingerprint density at radius 2 is 1.59 bits per heavy atom. The van der Waals surface area contributed by atoms with E-state index in [0.717, 1.165) is 16.3 Å². The normalized spacial score (nSPS) is 12.6. The molecule has 0 spiro atoms. The van der Waals surface area contributed by atoms with E-state index < -0.39 is 5.97 Å². The maximum Gasteiger partial charge on any atom is 0.335 e. The summed E-state index contributed by atoms with van der Waals surface area (Å²) < 4.78 is 6.12. The number of hydrogen-bond donors (Lipinski definition) is 1. The fraction of sp³-hybridized carbons (Fsp3) is 0.389. The number of carbonyl (C=O) groups is 1. The van der Waals surface area contributed by atoms with E-state index >= 15 is 0 Å². The molecule has 0 heterocycles. The number of aromatic carboxylic acids is 1. The van der Waals surface area contributed by atoms with Crippen LogP contribution in [0.5, 0.6) is 0 Å². The van der Waals surface area contributed by atoms with Gasteiger partial charge < -0.3 is 9.53 Å². The summed E-state index contributed by atoms with van der Waals surface area (Å²) in [6.07, 6.45) is 0. The first kappa shape index (κ1) is 16.7. The summed E-state index contributed by atoms with van der Waals surface area (Å²) in [5.74, 6) is -0.902. The molecule has 3 nitrogen and oxygen atoms in total. The molecule has 0 aliphatic carbocycles. The van der Waals surface area contributed by atoms with Gasteiger partial charge in [0.25, 0.3) is 0 Å². The Morgan fingerprint density at radius 1 is 1.00 bits per heavy atom. The number of benzene rings is 2. The van der Waals surface area contributed by atoms with Gasteiger partial charge in [-0.1, -0.05) is 39.0 Å². The number of carboxylic acids is 1. The minimum absolute atomic E-state index is 0.143. The first-order valence-electron chi connectivity index (χ1n) is 7.31. The Bertz CT molecular complexity index is 699. The number of rotatable bonds is 4. The lowest BCUT2D eigenvalue weighted by Gasteiger charge is -2.30. The van der Waals surface area contributed by atoms with Gasteiger partial charge in [0.2, 0.25) is 9.76 Å². The van der Waals surface area contributed by atoms with Crippen molar-refractivity contribution in [2.75, 3.05) is 0 Å². The van der Waals surface area contributed by atoms with E-state index in [0.29, 0.717) is 15.3 Å². The van der Waals surface area contributed by atoms with Gasteiger partial charge in [0, 0.05) is 0 Å². The highest BCUT2D eigenvalue weighted by atomic mass is 28.2. The van der Waals surface area contributed by atoms with Crippen molar-refractivity contribution in [3.8, 4) is 0 Å². The molecule has 0 aromatic heterocycles. The molecule has 0 aliphatic heterocycles. The third-order valence-electron chi connectivity index (χ3n) is 3.39. The Balaban J connectivity index is 2.32. The van der Waals surface area contributed by atoms with Crippen LogP contribution in [-0.4, -0.2) is 20.8 Å². The summed E-state index contributed by atoms with van der Waals surface area (Å²) in [4.78, 5) is 11.0. The minimum atomic E-state index is -0.902. The van der Waals surface area contributed by atoms with Crippen molar-refractivity contribution in [2.45, 2.75) is 45.3 Å².